The van der Waals surface area contributed by atoms with Crippen LogP contribution < -0.4 is 5.32 Å². The maximum absolute atomic E-state index is 15.8. The summed E-state index contributed by atoms with van der Waals surface area (Å²) in [6, 6.07) is 24.6. The molecule has 4 aliphatic heterocycles. The summed E-state index contributed by atoms with van der Waals surface area (Å²) in [5.74, 6) is -1.49. The van der Waals surface area contributed by atoms with E-state index in [-0.39, 0.29) is 43.1 Å². The molecule has 0 aromatic heterocycles. The van der Waals surface area contributed by atoms with Crippen LogP contribution in [0.5, 0.6) is 0 Å². The molecule has 0 saturated carbocycles. The highest BCUT2D eigenvalue weighted by atomic mass is 19.1. The molecular formula is C36H39FN4O3. The minimum atomic E-state index is -0.740. The molecule has 0 bridgehead atoms. The Morgan fingerprint density at radius 3 is 2.05 bits per heavy atom. The zero-order valence-electron chi connectivity index (χ0n) is 25.0. The van der Waals surface area contributed by atoms with Crippen LogP contribution >= 0.6 is 0 Å². The van der Waals surface area contributed by atoms with Crippen LogP contribution in [-0.4, -0.2) is 64.6 Å². The molecule has 1 atom stereocenters. The van der Waals surface area contributed by atoms with E-state index >= 15 is 4.39 Å². The van der Waals surface area contributed by atoms with Crippen molar-refractivity contribution in [1.29, 1.82) is 0 Å². The molecule has 7 nitrogen and oxygen atoms in total. The van der Waals surface area contributed by atoms with E-state index in [1.807, 2.05) is 0 Å². The molecule has 228 valence electrons. The second-order valence-electron chi connectivity index (χ2n) is 13.0. The molecular weight excluding hydrogens is 555 g/mol. The standard InChI is InChI=1S/C36H39FN4O3/c37-32-27(11-12-28-29(32)24-41(35(28)44)30-13-14-31(42)38-34(30)43)23-39-19-15-36(16-20-39)17-21-40(22-18-36)33(25-7-3-1-4-8-25)26-9-5-2-6-10-26/h1-12,30,33H,13-24H2,(H,38,42,43). The SMILES string of the molecule is O=C1CCC(N2Cc3c(ccc(CN4CCC5(CC4)CCN(C(c4ccccc4)c4ccccc4)CC5)c3F)C2=O)C(=O)N1. The van der Waals surface area contributed by atoms with Crippen molar-refractivity contribution in [2.45, 2.75) is 63.7 Å². The Hall–Kier alpha value is -3.88. The fourth-order valence-electron chi connectivity index (χ4n) is 7.84. The van der Waals surface area contributed by atoms with Crippen molar-refractivity contribution < 1.29 is 18.8 Å². The number of hydrogen-bond donors (Lipinski definition) is 1. The molecule has 3 fully saturated rings. The summed E-state index contributed by atoms with van der Waals surface area (Å²) in [5.41, 5.74) is 4.29. The normalized spacial score (nSPS) is 22.5. The maximum Gasteiger partial charge on any atom is 0.255 e. The largest absolute Gasteiger partial charge is 0.322 e. The number of hydrogen-bond acceptors (Lipinski definition) is 5. The Bertz CT molecular complexity index is 1500. The number of piperidine rings is 3. The molecule has 1 N–H and O–H groups in total. The van der Waals surface area contributed by atoms with Crippen molar-refractivity contribution in [3.8, 4) is 0 Å². The van der Waals surface area contributed by atoms with Gasteiger partial charge >= 0.3 is 0 Å². The van der Waals surface area contributed by atoms with E-state index in [0.717, 1.165) is 39.0 Å². The average molecular weight is 595 g/mol. The number of rotatable bonds is 6. The molecule has 1 spiro atoms. The molecule has 0 radical (unpaired) electrons. The lowest BCUT2D eigenvalue weighted by Gasteiger charge is -2.48. The van der Waals surface area contributed by atoms with Crippen molar-refractivity contribution >= 4 is 17.7 Å². The van der Waals surface area contributed by atoms with Gasteiger partial charge in [0.15, 0.2) is 0 Å². The summed E-state index contributed by atoms with van der Waals surface area (Å²) in [5, 5.41) is 2.31. The summed E-state index contributed by atoms with van der Waals surface area (Å²) >= 11 is 0. The van der Waals surface area contributed by atoms with E-state index in [0.29, 0.717) is 28.7 Å². The summed E-state index contributed by atoms with van der Waals surface area (Å²) in [6.07, 6.45) is 5.00. The minimum Gasteiger partial charge on any atom is -0.322 e. The Labute approximate surface area is 258 Å². The molecule has 3 aromatic carbocycles. The number of halogens is 1. The molecule has 3 aromatic rings. The topological polar surface area (TPSA) is 73.0 Å². The van der Waals surface area contributed by atoms with E-state index in [4.69, 9.17) is 0 Å². The first-order chi connectivity index (χ1) is 21.4. The number of likely N-dealkylation sites (tertiary alicyclic amines) is 2. The van der Waals surface area contributed by atoms with Gasteiger partial charge in [-0.05, 0) is 80.9 Å². The number of nitrogens with zero attached hydrogens (tertiary/aromatic N) is 3. The van der Waals surface area contributed by atoms with Crippen LogP contribution in [0.15, 0.2) is 72.8 Å². The van der Waals surface area contributed by atoms with E-state index in [9.17, 15) is 14.4 Å². The number of carbonyl (C=O) groups excluding carboxylic acids is 3. The van der Waals surface area contributed by atoms with Gasteiger partial charge in [-0.1, -0.05) is 66.7 Å². The third-order valence-electron chi connectivity index (χ3n) is 10.5. The highest BCUT2D eigenvalue weighted by molar-refractivity contribution is 6.05. The first-order valence-corrected chi connectivity index (χ1v) is 15.9. The number of amides is 3. The predicted octanol–water partition coefficient (Wildman–Crippen LogP) is 5.05. The Balaban J connectivity index is 0.975. The number of imide groups is 1. The predicted molar refractivity (Wildman–Crippen MR) is 165 cm³/mol. The van der Waals surface area contributed by atoms with Crippen LogP contribution in [0.25, 0.3) is 0 Å². The van der Waals surface area contributed by atoms with Crippen molar-refractivity contribution in [2.75, 3.05) is 26.2 Å². The number of fused-ring (bicyclic) bond motifs is 1. The molecule has 7 rings (SSSR count). The molecule has 3 saturated heterocycles. The first-order valence-electron chi connectivity index (χ1n) is 15.9. The van der Waals surface area contributed by atoms with Gasteiger partial charge in [-0.15, -0.1) is 0 Å². The van der Waals surface area contributed by atoms with Gasteiger partial charge in [0.25, 0.3) is 5.91 Å². The average Bonchev–Trinajstić information content (AvgIpc) is 3.38. The van der Waals surface area contributed by atoms with Crippen LogP contribution in [0.4, 0.5) is 4.39 Å². The monoisotopic (exact) mass is 594 g/mol. The zero-order chi connectivity index (χ0) is 30.3. The van der Waals surface area contributed by atoms with Gasteiger partial charge in [0.05, 0.1) is 12.6 Å². The summed E-state index contributed by atoms with van der Waals surface area (Å²) in [6.45, 7) is 4.55. The highest BCUT2D eigenvalue weighted by Crippen LogP contribution is 2.44. The molecule has 1 unspecified atom stereocenters. The van der Waals surface area contributed by atoms with E-state index in [1.165, 1.54) is 28.9 Å². The lowest BCUT2D eigenvalue weighted by Crippen LogP contribution is -2.52. The van der Waals surface area contributed by atoms with Gasteiger partial charge in [0.2, 0.25) is 11.8 Å². The van der Waals surface area contributed by atoms with Crippen LogP contribution in [0.2, 0.25) is 0 Å². The van der Waals surface area contributed by atoms with Gasteiger partial charge in [-0.2, -0.15) is 0 Å². The van der Waals surface area contributed by atoms with E-state index in [1.54, 1.807) is 12.1 Å². The van der Waals surface area contributed by atoms with Gasteiger partial charge in [0.1, 0.15) is 11.9 Å². The number of nitrogens with one attached hydrogen (secondary N) is 1. The third kappa shape index (κ3) is 5.46. The summed E-state index contributed by atoms with van der Waals surface area (Å²) < 4.78 is 15.8. The van der Waals surface area contributed by atoms with Gasteiger partial charge in [0, 0.05) is 29.7 Å². The lowest BCUT2D eigenvalue weighted by molar-refractivity contribution is -0.136. The summed E-state index contributed by atoms with van der Waals surface area (Å²) in [7, 11) is 0. The van der Waals surface area contributed by atoms with Crippen LogP contribution in [0.1, 0.15) is 77.2 Å². The lowest BCUT2D eigenvalue weighted by atomic mass is 9.70. The van der Waals surface area contributed by atoms with Crippen molar-refractivity contribution in [3.05, 3.63) is 106 Å². The maximum atomic E-state index is 15.8. The molecule has 0 aliphatic carbocycles. The zero-order valence-corrected chi connectivity index (χ0v) is 25.0. The molecule has 3 amide bonds. The molecule has 44 heavy (non-hydrogen) atoms. The molecule has 4 aliphatic rings. The number of benzene rings is 3. The van der Waals surface area contributed by atoms with Crippen molar-refractivity contribution in [1.82, 2.24) is 20.0 Å². The number of carbonyl (C=O) groups is 3. The van der Waals surface area contributed by atoms with E-state index < -0.39 is 11.9 Å². The van der Waals surface area contributed by atoms with Crippen molar-refractivity contribution in [3.63, 3.8) is 0 Å². The Morgan fingerprint density at radius 1 is 0.818 bits per heavy atom. The minimum absolute atomic E-state index is 0.0622. The Kier molecular flexibility index (Phi) is 7.81. The van der Waals surface area contributed by atoms with Gasteiger partial charge < -0.3 is 4.90 Å². The van der Waals surface area contributed by atoms with Crippen LogP contribution in [-0.2, 0) is 22.7 Å². The fraction of sp³-hybridized carbons (Fsp3) is 0.417. The van der Waals surface area contributed by atoms with E-state index in [2.05, 4.69) is 75.8 Å². The fourth-order valence-corrected chi connectivity index (χ4v) is 7.84. The van der Waals surface area contributed by atoms with Crippen LogP contribution in [0, 0.1) is 11.2 Å². The molecule has 4 heterocycles. The van der Waals surface area contributed by atoms with Crippen molar-refractivity contribution in [2.24, 2.45) is 5.41 Å². The second kappa shape index (κ2) is 11.9. The summed E-state index contributed by atoms with van der Waals surface area (Å²) in [4.78, 5) is 43.4. The third-order valence-corrected chi connectivity index (χ3v) is 10.5. The second-order valence-corrected chi connectivity index (χ2v) is 13.0. The Morgan fingerprint density at radius 2 is 1.43 bits per heavy atom. The van der Waals surface area contributed by atoms with Gasteiger partial charge in [-0.3, -0.25) is 29.5 Å². The quantitative estimate of drug-likeness (QED) is 0.405. The van der Waals surface area contributed by atoms with Gasteiger partial charge in [-0.25, -0.2) is 4.39 Å². The highest BCUT2D eigenvalue weighted by Gasteiger charge is 2.42. The first kappa shape index (κ1) is 28.9. The van der Waals surface area contributed by atoms with Crippen LogP contribution in [0.3, 0.4) is 0 Å². The molecule has 8 heteroatoms. The smallest absolute Gasteiger partial charge is 0.255 e.